The lowest BCUT2D eigenvalue weighted by Gasteiger charge is -2.27. The van der Waals surface area contributed by atoms with Crippen LogP contribution >= 0.6 is 0 Å². The number of ether oxygens (including phenoxy) is 1. The fourth-order valence-corrected chi connectivity index (χ4v) is 2.48. The van der Waals surface area contributed by atoms with Crippen LogP contribution in [0.25, 0.3) is 0 Å². The molecule has 18 heavy (non-hydrogen) atoms. The molecular weight excluding hydrogens is 228 g/mol. The van der Waals surface area contributed by atoms with Gasteiger partial charge in [0.2, 0.25) is 0 Å². The van der Waals surface area contributed by atoms with Crippen LogP contribution in [-0.2, 0) is 6.54 Å². The van der Waals surface area contributed by atoms with Crippen molar-refractivity contribution in [2.24, 2.45) is 0 Å². The second kappa shape index (κ2) is 6.07. The molecule has 2 rings (SSSR count). The lowest BCUT2D eigenvalue weighted by molar-refractivity contribution is 0.208. The summed E-state index contributed by atoms with van der Waals surface area (Å²) in [6.45, 7) is 6.05. The highest BCUT2D eigenvalue weighted by Crippen LogP contribution is 2.25. The Kier molecular flexibility index (Phi) is 4.44. The van der Waals surface area contributed by atoms with Crippen LogP contribution in [0.4, 0.5) is 0 Å². The Labute approximate surface area is 109 Å². The Bertz CT molecular complexity index is 389. The van der Waals surface area contributed by atoms with Crippen molar-refractivity contribution in [1.29, 1.82) is 0 Å². The van der Waals surface area contributed by atoms with Crippen molar-refractivity contribution in [3.8, 4) is 11.5 Å². The van der Waals surface area contributed by atoms with E-state index in [4.69, 9.17) is 4.74 Å². The quantitative estimate of drug-likeness (QED) is 0.833. The largest absolute Gasteiger partial charge is 0.508 e. The molecule has 1 aromatic rings. The summed E-state index contributed by atoms with van der Waals surface area (Å²) in [6.07, 6.45) is 1.18. The number of benzene rings is 1. The van der Waals surface area contributed by atoms with Crippen LogP contribution in [0.3, 0.4) is 0 Å². The van der Waals surface area contributed by atoms with Crippen molar-refractivity contribution < 1.29 is 9.84 Å². The number of hydrogen-bond acceptors (Lipinski definition) is 4. The first-order valence-electron chi connectivity index (χ1n) is 6.55. The third kappa shape index (κ3) is 2.94. The van der Waals surface area contributed by atoms with Gasteiger partial charge in [-0.25, -0.2) is 0 Å². The summed E-state index contributed by atoms with van der Waals surface area (Å²) >= 11 is 0. The predicted molar refractivity (Wildman–Crippen MR) is 72.0 cm³/mol. The summed E-state index contributed by atoms with van der Waals surface area (Å²) in [5.41, 5.74) is 0.933. The molecule has 0 spiro atoms. The molecule has 1 saturated heterocycles. The van der Waals surface area contributed by atoms with Gasteiger partial charge < -0.3 is 15.2 Å². The van der Waals surface area contributed by atoms with Crippen molar-refractivity contribution in [2.75, 3.05) is 26.7 Å². The molecule has 0 saturated carbocycles. The molecule has 1 aliphatic rings. The Morgan fingerprint density at radius 3 is 2.94 bits per heavy atom. The zero-order valence-corrected chi connectivity index (χ0v) is 11.1. The van der Waals surface area contributed by atoms with E-state index in [1.165, 1.54) is 6.42 Å². The molecule has 100 valence electrons. The van der Waals surface area contributed by atoms with E-state index in [1.807, 2.05) is 6.07 Å². The molecule has 1 aliphatic heterocycles. The van der Waals surface area contributed by atoms with Gasteiger partial charge in [-0.3, -0.25) is 4.90 Å². The highest BCUT2D eigenvalue weighted by molar-refractivity contribution is 5.39. The van der Waals surface area contributed by atoms with Gasteiger partial charge in [-0.05, 0) is 37.7 Å². The number of phenols is 1. The maximum absolute atomic E-state index is 9.92. The van der Waals surface area contributed by atoms with E-state index in [1.54, 1.807) is 19.2 Å². The SMILES string of the molecule is CCN(Cc1cc(OC)ccc1O)C1CCNC1. The van der Waals surface area contributed by atoms with E-state index in [0.717, 1.165) is 37.5 Å². The number of rotatable bonds is 5. The summed E-state index contributed by atoms with van der Waals surface area (Å²) in [4.78, 5) is 2.40. The van der Waals surface area contributed by atoms with Crippen LogP contribution in [0.1, 0.15) is 18.9 Å². The van der Waals surface area contributed by atoms with Crippen LogP contribution in [0.5, 0.6) is 11.5 Å². The lowest BCUT2D eigenvalue weighted by atomic mass is 10.1. The molecule has 1 aromatic carbocycles. The molecule has 2 N–H and O–H groups in total. The first-order chi connectivity index (χ1) is 8.74. The maximum atomic E-state index is 9.92. The van der Waals surface area contributed by atoms with Crippen LogP contribution < -0.4 is 10.1 Å². The van der Waals surface area contributed by atoms with Crippen LogP contribution in [-0.4, -0.2) is 42.8 Å². The predicted octanol–water partition coefficient (Wildman–Crippen LogP) is 1.58. The number of phenolic OH excluding ortho intramolecular Hbond substituents is 1. The highest BCUT2D eigenvalue weighted by Gasteiger charge is 2.21. The molecule has 1 unspecified atom stereocenters. The highest BCUT2D eigenvalue weighted by atomic mass is 16.5. The topological polar surface area (TPSA) is 44.7 Å². The molecular formula is C14H22N2O2. The molecule has 0 amide bonds. The van der Waals surface area contributed by atoms with Gasteiger partial charge >= 0.3 is 0 Å². The Morgan fingerprint density at radius 1 is 1.50 bits per heavy atom. The zero-order valence-electron chi connectivity index (χ0n) is 11.1. The van der Waals surface area contributed by atoms with Gasteiger partial charge in [-0.1, -0.05) is 6.92 Å². The first kappa shape index (κ1) is 13.2. The molecule has 1 fully saturated rings. The normalized spacial score (nSPS) is 19.4. The van der Waals surface area contributed by atoms with Crippen molar-refractivity contribution >= 4 is 0 Å². The maximum Gasteiger partial charge on any atom is 0.120 e. The standard InChI is InChI=1S/C14H22N2O2/c1-3-16(12-6-7-15-9-12)10-11-8-13(18-2)4-5-14(11)17/h4-5,8,12,15,17H,3,6-7,9-10H2,1-2H3. The molecule has 4 nitrogen and oxygen atoms in total. The van der Waals surface area contributed by atoms with Crippen LogP contribution in [0.2, 0.25) is 0 Å². The van der Waals surface area contributed by atoms with Gasteiger partial charge in [0.25, 0.3) is 0 Å². The molecule has 0 aliphatic carbocycles. The number of nitrogens with one attached hydrogen (secondary N) is 1. The fraction of sp³-hybridized carbons (Fsp3) is 0.571. The van der Waals surface area contributed by atoms with Crippen molar-refractivity contribution in [3.05, 3.63) is 23.8 Å². The third-order valence-electron chi connectivity index (χ3n) is 3.62. The Morgan fingerprint density at radius 2 is 2.33 bits per heavy atom. The molecule has 4 heteroatoms. The van der Waals surface area contributed by atoms with Gasteiger partial charge in [-0.15, -0.1) is 0 Å². The second-order valence-electron chi connectivity index (χ2n) is 4.70. The minimum atomic E-state index is 0.347. The lowest BCUT2D eigenvalue weighted by Crippen LogP contribution is -2.36. The molecule has 1 heterocycles. The van der Waals surface area contributed by atoms with Crippen LogP contribution in [0, 0.1) is 0 Å². The molecule has 0 bridgehead atoms. The average Bonchev–Trinajstić information content (AvgIpc) is 2.91. The van der Waals surface area contributed by atoms with E-state index in [0.29, 0.717) is 11.8 Å². The monoisotopic (exact) mass is 250 g/mol. The number of methoxy groups -OCH3 is 1. The number of likely N-dealkylation sites (N-methyl/N-ethyl adjacent to an activating group) is 1. The van der Waals surface area contributed by atoms with Crippen molar-refractivity contribution in [2.45, 2.75) is 25.9 Å². The van der Waals surface area contributed by atoms with E-state index in [-0.39, 0.29) is 0 Å². The smallest absolute Gasteiger partial charge is 0.120 e. The number of nitrogens with zero attached hydrogens (tertiary/aromatic N) is 1. The van der Waals surface area contributed by atoms with E-state index in [2.05, 4.69) is 17.1 Å². The molecule has 0 radical (unpaired) electrons. The van der Waals surface area contributed by atoms with Gasteiger partial charge in [0.1, 0.15) is 11.5 Å². The van der Waals surface area contributed by atoms with Crippen molar-refractivity contribution in [3.63, 3.8) is 0 Å². The summed E-state index contributed by atoms with van der Waals surface area (Å²) in [5.74, 6) is 1.14. The van der Waals surface area contributed by atoms with E-state index < -0.39 is 0 Å². The van der Waals surface area contributed by atoms with Crippen molar-refractivity contribution in [1.82, 2.24) is 10.2 Å². The third-order valence-corrected chi connectivity index (χ3v) is 3.62. The number of hydrogen-bond donors (Lipinski definition) is 2. The van der Waals surface area contributed by atoms with Gasteiger partial charge in [-0.2, -0.15) is 0 Å². The summed E-state index contributed by atoms with van der Waals surface area (Å²) in [6, 6.07) is 5.97. The Balaban J connectivity index is 2.10. The van der Waals surface area contributed by atoms with Crippen LogP contribution in [0.15, 0.2) is 18.2 Å². The van der Waals surface area contributed by atoms with Gasteiger partial charge in [0, 0.05) is 24.7 Å². The zero-order chi connectivity index (χ0) is 13.0. The molecule has 1 atom stereocenters. The summed E-state index contributed by atoms with van der Waals surface area (Å²) in [7, 11) is 1.65. The van der Waals surface area contributed by atoms with Gasteiger partial charge in [0.15, 0.2) is 0 Å². The average molecular weight is 250 g/mol. The molecule has 0 aromatic heterocycles. The Hall–Kier alpha value is -1.26. The summed E-state index contributed by atoms with van der Waals surface area (Å²) in [5, 5.41) is 13.3. The second-order valence-corrected chi connectivity index (χ2v) is 4.70. The minimum absolute atomic E-state index is 0.347. The van der Waals surface area contributed by atoms with E-state index in [9.17, 15) is 5.11 Å². The van der Waals surface area contributed by atoms with Gasteiger partial charge in [0.05, 0.1) is 7.11 Å². The number of aromatic hydroxyl groups is 1. The van der Waals surface area contributed by atoms with E-state index >= 15 is 0 Å². The first-order valence-corrected chi connectivity index (χ1v) is 6.55. The fourth-order valence-electron chi connectivity index (χ4n) is 2.48. The summed E-state index contributed by atoms with van der Waals surface area (Å²) < 4.78 is 5.21. The minimum Gasteiger partial charge on any atom is -0.508 e.